The molecule has 0 fully saturated rings. The maximum absolute atomic E-state index is 11.8. The van der Waals surface area contributed by atoms with E-state index in [1.807, 2.05) is 0 Å². The number of aromatic nitrogens is 1. The first kappa shape index (κ1) is 19.6. The number of non-ortho nitro benzene ring substituents is 1. The topological polar surface area (TPSA) is 154 Å². The van der Waals surface area contributed by atoms with E-state index in [1.165, 1.54) is 30.3 Å². The first-order valence-corrected chi connectivity index (χ1v) is 7.76. The van der Waals surface area contributed by atoms with Gasteiger partial charge in [0.15, 0.2) is 12.4 Å². The number of nitrogens with one attached hydrogen (secondary N) is 2. The second-order valence-electron chi connectivity index (χ2n) is 5.38. The number of ether oxygens (including phenoxy) is 1. The van der Waals surface area contributed by atoms with Gasteiger partial charge in [-0.1, -0.05) is 5.16 Å². The van der Waals surface area contributed by atoms with Crippen molar-refractivity contribution in [2.45, 2.75) is 19.8 Å². The molecule has 2 rings (SSSR count). The third kappa shape index (κ3) is 6.57. The maximum Gasteiger partial charge on any atom is 0.306 e. The van der Waals surface area contributed by atoms with Crippen molar-refractivity contribution in [3.05, 3.63) is 46.2 Å². The monoisotopic (exact) mass is 376 g/mol. The lowest BCUT2D eigenvalue weighted by molar-refractivity contribution is -0.384. The van der Waals surface area contributed by atoms with E-state index in [0.717, 1.165) is 0 Å². The average Bonchev–Trinajstić information content (AvgIpc) is 3.03. The van der Waals surface area contributed by atoms with Gasteiger partial charge in [-0.15, -0.1) is 0 Å². The van der Waals surface area contributed by atoms with Gasteiger partial charge in [-0.3, -0.25) is 24.5 Å². The Bertz CT molecular complexity index is 845. The van der Waals surface area contributed by atoms with Gasteiger partial charge in [0, 0.05) is 30.3 Å². The van der Waals surface area contributed by atoms with E-state index in [-0.39, 0.29) is 24.3 Å². The molecule has 0 aliphatic rings. The highest BCUT2D eigenvalue weighted by Crippen LogP contribution is 2.15. The summed E-state index contributed by atoms with van der Waals surface area (Å²) in [5.41, 5.74) is 0.261. The fourth-order valence-corrected chi connectivity index (χ4v) is 1.93. The van der Waals surface area contributed by atoms with Crippen LogP contribution in [0.1, 0.15) is 18.6 Å². The van der Waals surface area contributed by atoms with Crippen molar-refractivity contribution < 1.29 is 28.6 Å². The van der Waals surface area contributed by atoms with Gasteiger partial charge in [0.25, 0.3) is 11.6 Å². The zero-order valence-electron chi connectivity index (χ0n) is 14.3. The number of nitro groups is 1. The molecule has 0 bridgehead atoms. The van der Waals surface area contributed by atoms with Gasteiger partial charge in [-0.2, -0.15) is 0 Å². The molecular formula is C16H16N4O7. The SMILES string of the molecule is Cc1cc(NC(=O)COC(=O)CCC(=O)Nc2ccc([N+](=O)[O-])cc2)no1. The van der Waals surface area contributed by atoms with Crippen LogP contribution in [-0.2, 0) is 19.1 Å². The van der Waals surface area contributed by atoms with Crippen LogP contribution >= 0.6 is 0 Å². The third-order valence-electron chi connectivity index (χ3n) is 3.18. The van der Waals surface area contributed by atoms with Crippen LogP contribution in [0, 0.1) is 17.0 Å². The Morgan fingerprint density at radius 1 is 1.15 bits per heavy atom. The number of anilines is 2. The summed E-state index contributed by atoms with van der Waals surface area (Å²) in [6.45, 7) is 1.14. The number of carbonyl (C=O) groups is 3. The van der Waals surface area contributed by atoms with E-state index in [4.69, 9.17) is 9.26 Å². The van der Waals surface area contributed by atoms with Crippen LogP contribution in [0.4, 0.5) is 17.2 Å². The number of rotatable bonds is 8. The van der Waals surface area contributed by atoms with Gasteiger partial charge in [-0.25, -0.2) is 0 Å². The quantitative estimate of drug-likeness (QED) is 0.401. The molecule has 0 aliphatic carbocycles. The Morgan fingerprint density at radius 2 is 1.85 bits per heavy atom. The minimum atomic E-state index is -0.722. The van der Waals surface area contributed by atoms with Crippen molar-refractivity contribution in [3.63, 3.8) is 0 Å². The van der Waals surface area contributed by atoms with Crippen LogP contribution in [-0.4, -0.2) is 34.5 Å². The summed E-state index contributed by atoms with van der Waals surface area (Å²) < 4.78 is 9.53. The Labute approximate surface area is 152 Å². The third-order valence-corrected chi connectivity index (χ3v) is 3.18. The van der Waals surface area contributed by atoms with E-state index >= 15 is 0 Å². The molecule has 0 atom stereocenters. The molecule has 1 aromatic heterocycles. The summed E-state index contributed by atoms with van der Waals surface area (Å²) in [7, 11) is 0. The number of nitrogens with zero attached hydrogens (tertiary/aromatic N) is 2. The molecule has 2 aromatic rings. The fraction of sp³-hybridized carbons (Fsp3) is 0.250. The second-order valence-corrected chi connectivity index (χ2v) is 5.38. The zero-order chi connectivity index (χ0) is 19.8. The van der Waals surface area contributed by atoms with Gasteiger partial charge >= 0.3 is 5.97 Å². The fourth-order valence-electron chi connectivity index (χ4n) is 1.93. The maximum atomic E-state index is 11.8. The highest BCUT2D eigenvalue weighted by Gasteiger charge is 2.12. The van der Waals surface area contributed by atoms with Crippen molar-refractivity contribution >= 4 is 35.0 Å². The Morgan fingerprint density at radius 3 is 2.44 bits per heavy atom. The molecule has 1 aromatic carbocycles. The van der Waals surface area contributed by atoms with Gasteiger partial charge < -0.3 is 19.9 Å². The zero-order valence-corrected chi connectivity index (χ0v) is 14.3. The molecule has 11 heteroatoms. The number of nitro benzene ring substituents is 1. The molecule has 2 N–H and O–H groups in total. The molecule has 2 amide bonds. The van der Waals surface area contributed by atoms with Crippen molar-refractivity contribution in [1.29, 1.82) is 0 Å². The first-order chi connectivity index (χ1) is 12.8. The van der Waals surface area contributed by atoms with E-state index in [1.54, 1.807) is 6.92 Å². The largest absolute Gasteiger partial charge is 0.456 e. The lowest BCUT2D eigenvalue weighted by Gasteiger charge is -2.06. The lowest BCUT2D eigenvalue weighted by Crippen LogP contribution is -2.22. The Balaban J connectivity index is 1.67. The molecule has 0 aliphatic heterocycles. The molecule has 0 saturated carbocycles. The lowest BCUT2D eigenvalue weighted by atomic mass is 10.2. The standard InChI is InChI=1S/C16H16N4O7/c1-10-8-13(19-27-10)18-15(22)9-26-16(23)7-6-14(21)17-11-2-4-12(5-3-11)20(24)25/h2-5,8H,6-7,9H2,1H3,(H,17,21)(H,18,19,22). The van der Waals surface area contributed by atoms with Crippen LogP contribution in [0.5, 0.6) is 0 Å². The summed E-state index contributed by atoms with van der Waals surface area (Å²) in [6, 6.07) is 6.76. The van der Waals surface area contributed by atoms with Gasteiger partial charge in [0.05, 0.1) is 11.3 Å². The number of aryl methyl sites for hydroxylation is 1. The van der Waals surface area contributed by atoms with Crippen LogP contribution in [0.15, 0.2) is 34.9 Å². The minimum absolute atomic E-state index is 0.101. The first-order valence-electron chi connectivity index (χ1n) is 7.76. The van der Waals surface area contributed by atoms with E-state index in [0.29, 0.717) is 11.4 Å². The number of benzene rings is 1. The molecular weight excluding hydrogens is 360 g/mol. The molecule has 1 heterocycles. The smallest absolute Gasteiger partial charge is 0.306 e. The number of carbonyl (C=O) groups excluding carboxylic acids is 3. The molecule has 0 saturated heterocycles. The molecule has 11 nitrogen and oxygen atoms in total. The van der Waals surface area contributed by atoms with Gasteiger partial charge in [0.2, 0.25) is 5.91 Å². The summed E-state index contributed by atoms with van der Waals surface area (Å²) >= 11 is 0. The summed E-state index contributed by atoms with van der Waals surface area (Å²) in [4.78, 5) is 44.9. The molecule has 0 unspecified atom stereocenters. The molecule has 142 valence electrons. The Hall–Kier alpha value is -3.76. The average molecular weight is 376 g/mol. The predicted octanol–water partition coefficient (Wildman–Crippen LogP) is 1.79. The van der Waals surface area contributed by atoms with Crippen LogP contribution in [0.2, 0.25) is 0 Å². The van der Waals surface area contributed by atoms with Crippen molar-refractivity contribution in [1.82, 2.24) is 5.16 Å². The highest BCUT2D eigenvalue weighted by atomic mass is 16.6. The summed E-state index contributed by atoms with van der Waals surface area (Å²) in [5, 5.41) is 19.0. The second kappa shape index (κ2) is 9.08. The van der Waals surface area contributed by atoms with E-state index in [9.17, 15) is 24.5 Å². The van der Waals surface area contributed by atoms with Crippen molar-refractivity contribution in [3.8, 4) is 0 Å². The minimum Gasteiger partial charge on any atom is -0.456 e. The van der Waals surface area contributed by atoms with Crippen LogP contribution < -0.4 is 10.6 Å². The summed E-state index contributed by atoms with van der Waals surface area (Å²) in [5.74, 6) is -1.06. The molecule has 0 spiro atoms. The Kier molecular flexibility index (Phi) is 6.58. The van der Waals surface area contributed by atoms with Crippen LogP contribution in [0.25, 0.3) is 0 Å². The van der Waals surface area contributed by atoms with Crippen molar-refractivity contribution in [2.24, 2.45) is 0 Å². The van der Waals surface area contributed by atoms with E-state index < -0.39 is 29.3 Å². The number of esters is 1. The molecule has 0 radical (unpaired) electrons. The number of amides is 2. The predicted molar refractivity (Wildman–Crippen MR) is 91.8 cm³/mol. The van der Waals surface area contributed by atoms with E-state index in [2.05, 4.69) is 15.8 Å². The van der Waals surface area contributed by atoms with Crippen molar-refractivity contribution in [2.75, 3.05) is 17.2 Å². The van der Waals surface area contributed by atoms with Gasteiger partial charge in [-0.05, 0) is 19.1 Å². The van der Waals surface area contributed by atoms with Crippen LogP contribution in [0.3, 0.4) is 0 Å². The normalized spacial score (nSPS) is 10.1. The number of hydrogen-bond acceptors (Lipinski definition) is 8. The number of hydrogen-bond donors (Lipinski definition) is 2. The summed E-state index contributed by atoms with van der Waals surface area (Å²) in [6.07, 6.45) is -0.394. The molecule has 27 heavy (non-hydrogen) atoms. The highest BCUT2D eigenvalue weighted by molar-refractivity contribution is 5.94. The van der Waals surface area contributed by atoms with Gasteiger partial charge in [0.1, 0.15) is 5.76 Å².